The van der Waals surface area contributed by atoms with Gasteiger partial charge >= 0.3 is 0 Å². The molecule has 0 radical (unpaired) electrons. The number of nitrogens with zero attached hydrogens (tertiary/aromatic N) is 1. The number of non-ortho nitro benzene ring substituents is 1. The van der Waals surface area contributed by atoms with Gasteiger partial charge in [0.2, 0.25) is 0 Å². The number of allylic oxidation sites excluding steroid dienone is 1. The van der Waals surface area contributed by atoms with Crippen LogP contribution in [0.15, 0.2) is 54.6 Å². The first-order chi connectivity index (χ1) is 9.58. The zero-order valence-corrected chi connectivity index (χ0v) is 11.1. The Bertz CT molecular complexity index is 678. The van der Waals surface area contributed by atoms with Gasteiger partial charge in [-0.3, -0.25) is 14.9 Å². The largest absolute Gasteiger partial charge is 0.289 e. The van der Waals surface area contributed by atoms with Gasteiger partial charge < -0.3 is 0 Å². The molecule has 0 amide bonds. The number of rotatable bonds is 4. The number of hydrogen-bond acceptors (Lipinski definition) is 3. The van der Waals surface area contributed by atoms with Crippen molar-refractivity contribution in [3.63, 3.8) is 0 Å². The van der Waals surface area contributed by atoms with Gasteiger partial charge in [0.1, 0.15) is 0 Å². The molecule has 100 valence electrons. The topological polar surface area (TPSA) is 60.2 Å². The van der Waals surface area contributed by atoms with Crippen molar-refractivity contribution in [3.05, 3.63) is 80.9 Å². The molecule has 2 aromatic carbocycles. The lowest BCUT2D eigenvalue weighted by molar-refractivity contribution is -0.384. The van der Waals surface area contributed by atoms with E-state index >= 15 is 0 Å². The summed E-state index contributed by atoms with van der Waals surface area (Å²) in [5.41, 5.74) is 1.08. The Balaban J connectivity index is 2.16. The summed E-state index contributed by atoms with van der Waals surface area (Å²) >= 11 is 5.97. The second-order valence-corrected chi connectivity index (χ2v) is 4.43. The van der Waals surface area contributed by atoms with Crippen LogP contribution in [-0.4, -0.2) is 10.7 Å². The molecule has 2 rings (SSSR count). The number of hydrogen-bond donors (Lipinski definition) is 0. The van der Waals surface area contributed by atoms with Crippen LogP contribution in [0.1, 0.15) is 15.9 Å². The molecule has 0 unspecified atom stereocenters. The van der Waals surface area contributed by atoms with Crippen molar-refractivity contribution in [2.75, 3.05) is 0 Å². The Morgan fingerprint density at radius 3 is 2.35 bits per heavy atom. The normalized spacial score (nSPS) is 10.7. The van der Waals surface area contributed by atoms with E-state index in [2.05, 4.69) is 0 Å². The lowest BCUT2D eigenvalue weighted by atomic mass is 10.1. The minimum absolute atomic E-state index is 0.0448. The highest BCUT2D eigenvalue weighted by atomic mass is 35.5. The molecule has 0 aliphatic carbocycles. The third-order valence-electron chi connectivity index (χ3n) is 2.68. The molecule has 0 heterocycles. The van der Waals surface area contributed by atoms with Gasteiger partial charge in [0.05, 0.1) is 4.92 Å². The van der Waals surface area contributed by atoms with Crippen molar-refractivity contribution in [1.29, 1.82) is 0 Å². The molecule has 0 aliphatic rings. The molecule has 0 aromatic heterocycles. The molecule has 0 N–H and O–H groups in total. The molecule has 4 nitrogen and oxygen atoms in total. The Kier molecular flexibility index (Phi) is 4.27. The maximum atomic E-state index is 11.9. The zero-order chi connectivity index (χ0) is 14.5. The molecule has 0 saturated carbocycles. The number of ketones is 1. The second kappa shape index (κ2) is 6.12. The van der Waals surface area contributed by atoms with Crippen LogP contribution in [0, 0.1) is 10.1 Å². The van der Waals surface area contributed by atoms with E-state index in [-0.39, 0.29) is 11.5 Å². The molecule has 20 heavy (non-hydrogen) atoms. The van der Waals surface area contributed by atoms with Crippen molar-refractivity contribution >= 4 is 29.1 Å². The molecule has 0 atom stereocenters. The van der Waals surface area contributed by atoms with E-state index in [1.807, 2.05) is 6.07 Å². The van der Waals surface area contributed by atoms with Crippen LogP contribution in [0.4, 0.5) is 5.69 Å². The van der Waals surface area contributed by atoms with Gasteiger partial charge in [-0.15, -0.1) is 0 Å². The van der Waals surface area contributed by atoms with Gasteiger partial charge in [-0.05, 0) is 35.9 Å². The van der Waals surface area contributed by atoms with Gasteiger partial charge in [-0.1, -0.05) is 29.8 Å². The average molecular weight is 288 g/mol. The molecule has 0 saturated heterocycles. The standard InChI is InChI=1S/C15H10ClNO3/c16-14-4-2-1-3-11(14)7-10-15(18)12-5-8-13(9-6-12)17(19)20/h1-10H/b10-7-. The summed E-state index contributed by atoms with van der Waals surface area (Å²) in [5, 5.41) is 11.1. The van der Waals surface area contributed by atoms with Crippen molar-refractivity contribution in [2.24, 2.45) is 0 Å². The third kappa shape index (κ3) is 3.30. The number of nitro benzene ring substituents is 1. The van der Waals surface area contributed by atoms with Gasteiger partial charge in [0, 0.05) is 22.7 Å². The smallest absolute Gasteiger partial charge is 0.269 e. The van der Waals surface area contributed by atoms with E-state index in [0.717, 1.165) is 5.56 Å². The molecular weight excluding hydrogens is 278 g/mol. The van der Waals surface area contributed by atoms with E-state index in [1.165, 1.54) is 30.3 Å². The number of carbonyl (C=O) groups excluding carboxylic acids is 1. The maximum absolute atomic E-state index is 11.9. The van der Waals surface area contributed by atoms with Gasteiger partial charge in [0.15, 0.2) is 5.78 Å². The van der Waals surface area contributed by atoms with Crippen LogP contribution in [-0.2, 0) is 0 Å². The van der Waals surface area contributed by atoms with Crippen LogP contribution >= 0.6 is 11.6 Å². The molecule has 5 heteroatoms. The van der Waals surface area contributed by atoms with E-state index < -0.39 is 4.92 Å². The Morgan fingerprint density at radius 2 is 1.75 bits per heavy atom. The summed E-state index contributed by atoms with van der Waals surface area (Å²) in [6, 6.07) is 12.6. The molecular formula is C15H10ClNO3. The Morgan fingerprint density at radius 1 is 1.10 bits per heavy atom. The first kappa shape index (κ1) is 14.0. The van der Waals surface area contributed by atoms with Crippen molar-refractivity contribution in [2.45, 2.75) is 0 Å². The van der Waals surface area contributed by atoms with Crippen molar-refractivity contribution in [3.8, 4) is 0 Å². The van der Waals surface area contributed by atoms with Crippen molar-refractivity contribution < 1.29 is 9.72 Å². The first-order valence-corrected chi connectivity index (χ1v) is 6.17. The Labute approximate surface area is 120 Å². The highest BCUT2D eigenvalue weighted by molar-refractivity contribution is 6.32. The molecule has 0 bridgehead atoms. The SMILES string of the molecule is O=C(/C=C\c1ccccc1Cl)c1ccc([N+](=O)[O-])cc1. The first-order valence-electron chi connectivity index (χ1n) is 5.79. The fourth-order valence-corrected chi connectivity index (χ4v) is 1.82. The highest BCUT2D eigenvalue weighted by Gasteiger charge is 2.07. The lowest BCUT2D eigenvalue weighted by Crippen LogP contribution is -1.95. The molecule has 0 fully saturated rings. The summed E-state index contributed by atoms with van der Waals surface area (Å²) in [4.78, 5) is 21.9. The number of carbonyl (C=O) groups is 1. The van der Waals surface area contributed by atoms with Crippen LogP contribution in [0.5, 0.6) is 0 Å². The summed E-state index contributed by atoms with van der Waals surface area (Å²) < 4.78 is 0. The predicted octanol–water partition coefficient (Wildman–Crippen LogP) is 4.14. The second-order valence-electron chi connectivity index (χ2n) is 4.02. The minimum atomic E-state index is -0.506. The van der Waals surface area contributed by atoms with Crippen LogP contribution in [0.3, 0.4) is 0 Å². The summed E-state index contributed by atoms with van der Waals surface area (Å²) in [6.07, 6.45) is 3.01. The third-order valence-corrected chi connectivity index (χ3v) is 3.03. The summed E-state index contributed by atoms with van der Waals surface area (Å²) in [6.45, 7) is 0. The fraction of sp³-hybridized carbons (Fsp3) is 0. The van der Waals surface area contributed by atoms with E-state index in [0.29, 0.717) is 10.6 Å². The average Bonchev–Trinajstić information content (AvgIpc) is 2.46. The minimum Gasteiger partial charge on any atom is -0.289 e. The monoisotopic (exact) mass is 287 g/mol. The number of nitro groups is 1. The molecule has 2 aromatic rings. The van der Waals surface area contributed by atoms with Gasteiger partial charge in [0.25, 0.3) is 5.69 Å². The molecule has 0 spiro atoms. The maximum Gasteiger partial charge on any atom is 0.269 e. The predicted molar refractivity (Wildman–Crippen MR) is 77.9 cm³/mol. The van der Waals surface area contributed by atoms with E-state index in [1.54, 1.807) is 24.3 Å². The van der Waals surface area contributed by atoms with E-state index in [4.69, 9.17) is 11.6 Å². The zero-order valence-electron chi connectivity index (χ0n) is 10.3. The van der Waals surface area contributed by atoms with Crippen molar-refractivity contribution in [1.82, 2.24) is 0 Å². The lowest BCUT2D eigenvalue weighted by Gasteiger charge is -1.97. The van der Waals surface area contributed by atoms with Crippen LogP contribution in [0.25, 0.3) is 6.08 Å². The highest BCUT2D eigenvalue weighted by Crippen LogP contribution is 2.17. The van der Waals surface area contributed by atoms with Gasteiger partial charge in [-0.2, -0.15) is 0 Å². The fourth-order valence-electron chi connectivity index (χ4n) is 1.62. The van der Waals surface area contributed by atoms with Gasteiger partial charge in [-0.25, -0.2) is 0 Å². The summed E-state index contributed by atoms with van der Waals surface area (Å²) in [5.74, 6) is -0.236. The summed E-state index contributed by atoms with van der Waals surface area (Å²) in [7, 11) is 0. The van der Waals surface area contributed by atoms with E-state index in [9.17, 15) is 14.9 Å². The Hall–Kier alpha value is -2.46. The molecule has 0 aliphatic heterocycles. The quantitative estimate of drug-likeness (QED) is 0.367. The van der Waals surface area contributed by atoms with Crippen LogP contribution in [0.2, 0.25) is 5.02 Å². The van der Waals surface area contributed by atoms with Crippen LogP contribution < -0.4 is 0 Å². The number of benzene rings is 2. The number of halogens is 1.